The van der Waals surface area contributed by atoms with Crippen molar-refractivity contribution in [1.29, 1.82) is 0 Å². The van der Waals surface area contributed by atoms with Crippen molar-refractivity contribution in [2.75, 3.05) is 12.3 Å². The lowest BCUT2D eigenvalue weighted by Crippen LogP contribution is -2.26. The molecule has 1 N–H and O–H groups in total. The Bertz CT molecular complexity index is 859. The topological polar surface area (TPSA) is 72.7 Å². The number of unbranched alkanes of at least 4 members (excludes halogenated alkanes) is 1. The van der Waals surface area contributed by atoms with Gasteiger partial charge in [0.25, 0.3) is 0 Å². The number of hydrogen-bond acceptors (Lipinski definition) is 7. The summed E-state index contributed by atoms with van der Waals surface area (Å²) in [6.07, 6.45) is 2.09. The normalized spacial score (nSPS) is 11.2. The highest BCUT2D eigenvalue weighted by Gasteiger charge is 2.14. The van der Waals surface area contributed by atoms with E-state index in [9.17, 15) is 4.79 Å². The van der Waals surface area contributed by atoms with E-state index in [4.69, 9.17) is 0 Å². The SMILES string of the molecule is CCCCNC(=O)CSc1nnc(CSc2nc3ccccc3s2)n1CC. The highest BCUT2D eigenvalue weighted by atomic mass is 32.2. The summed E-state index contributed by atoms with van der Waals surface area (Å²) in [5, 5.41) is 12.3. The molecule has 0 aliphatic carbocycles. The maximum Gasteiger partial charge on any atom is 0.230 e. The Balaban J connectivity index is 1.57. The highest BCUT2D eigenvalue weighted by Crippen LogP contribution is 2.31. The summed E-state index contributed by atoms with van der Waals surface area (Å²) in [6, 6.07) is 8.16. The van der Waals surface area contributed by atoms with Crippen LogP contribution in [0.5, 0.6) is 0 Å². The maximum atomic E-state index is 11.9. The number of fused-ring (bicyclic) bond motifs is 1. The molecule has 3 aromatic rings. The monoisotopic (exact) mass is 421 g/mol. The number of aromatic nitrogens is 4. The van der Waals surface area contributed by atoms with Gasteiger partial charge in [-0.3, -0.25) is 4.79 Å². The van der Waals surface area contributed by atoms with Gasteiger partial charge in [0.15, 0.2) is 9.50 Å². The molecular weight excluding hydrogens is 398 g/mol. The first-order chi connectivity index (χ1) is 13.2. The van der Waals surface area contributed by atoms with E-state index in [1.165, 1.54) is 16.5 Å². The maximum absolute atomic E-state index is 11.9. The van der Waals surface area contributed by atoms with Crippen molar-refractivity contribution in [2.24, 2.45) is 0 Å². The predicted octanol–water partition coefficient (Wildman–Crippen LogP) is 4.21. The van der Waals surface area contributed by atoms with Crippen LogP contribution in [-0.2, 0) is 17.1 Å². The molecule has 27 heavy (non-hydrogen) atoms. The van der Waals surface area contributed by atoms with Gasteiger partial charge in [-0.15, -0.1) is 21.5 Å². The van der Waals surface area contributed by atoms with Gasteiger partial charge in [0, 0.05) is 13.1 Å². The molecule has 0 saturated carbocycles. The van der Waals surface area contributed by atoms with Crippen LogP contribution in [0.4, 0.5) is 0 Å². The van der Waals surface area contributed by atoms with Gasteiger partial charge in [-0.25, -0.2) is 4.98 Å². The number of benzene rings is 1. The number of amides is 1. The molecule has 1 aromatic carbocycles. The molecule has 2 aromatic heterocycles. The summed E-state index contributed by atoms with van der Waals surface area (Å²) in [4.78, 5) is 16.5. The van der Waals surface area contributed by atoms with Crippen LogP contribution in [-0.4, -0.2) is 38.0 Å². The average Bonchev–Trinajstić information content (AvgIpc) is 3.27. The van der Waals surface area contributed by atoms with Gasteiger partial charge in [0.2, 0.25) is 5.91 Å². The van der Waals surface area contributed by atoms with Gasteiger partial charge in [-0.05, 0) is 25.5 Å². The summed E-state index contributed by atoms with van der Waals surface area (Å²) in [5.74, 6) is 2.04. The minimum atomic E-state index is 0.0458. The van der Waals surface area contributed by atoms with Gasteiger partial charge in [-0.1, -0.05) is 49.0 Å². The van der Waals surface area contributed by atoms with Crippen LogP contribution in [0.2, 0.25) is 0 Å². The summed E-state index contributed by atoms with van der Waals surface area (Å²) in [5.41, 5.74) is 1.03. The number of nitrogens with one attached hydrogen (secondary N) is 1. The fraction of sp³-hybridized carbons (Fsp3) is 0.444. The van der Waals surface area contributed by atoms with Crippen molar-refractivity contribution < 1.29 is 4.79 Å². The quantitative estimate of drug-likeness (QED) is 0.390. The second kappa shape index (κ2) is 10.1. The number of carbonyl (C=O) groups excluding carboxylic acids is 1. The lowest BCUT2D eigenvalue weighted by atomic mass is 10.3. The first kappa shape index (κ1) is 20.2. The predicted molar refractivity (Wildman–Crippen MR) is 114 cm³/mol. The smallest absolute Gasteiger partial charge is 0.230 e. The molecule has 6 nitrogen and oxygen atoms in total. The molecule has 0 radical (unpaired) electrons. The van der Waals surface area contributed by atoms with E-state index in [-0.39, 0.29) is 5.91 Å². The molecule has 0 atom stereocenters. The van der Waals surface area contributed by atoms with Crippen molar-refractivity contribution in [3.05, 3.63) is 30.1 Å². The molecule has 0 bridgehead atoms. The van der Waals surface area contributed by atoms with E-state index < -0.39 is 0 Å². The molecule has 1 amide bonds. The van der Waals surface area contributed by atoms with Crippen LogP contribution in [0.1, 0.15) is 32.5 Å². The van der Waals surface area contributed by atoms with Gasteiger partial charge in [0.05, 0.1) is 21.7 Å². The van der Waals surface area contributed by atoms with E-state index in [0.29, 0.717) is 11.5 Å². The van der Waals surface area contributed by atoms with Gasteiger partial charge < -0.3 is 9.88 Å². The second-order valence-corrected chi connectivity index (χ2v) is 9.07. The van der Waals surface area contributed by atoms with E-state index in [1.807, 2.05) is 18.2 Å². The molecule has 144 valence electrons. The molecule has 0 fully saturated rings. The third kappa shape index (κ3) is 5.46. The summed E-state index contributed by atoms with van der Waals surface area (Å²) < 4.78 is 4.30. The first-order valence-electron chi connectivity index (χ1n) is 9.01. The molecule has 2 heterocycles. The zero-order valence-corrected chi connectivity index (χ0v) is 17.9. The van der Waals surface area contributed by atoms with Crippen LogP contribution < -0.4 is 5.32 Å². The number of carbonyl (C=O) groups is 1. The molecule has 0 aliphatic heterocycles. The lowest BCUT2D eigenvalue weighted by molar-refractivity contribution is -0.118. The number of rotatable bonds is 10. The van der Waals surface area contributed by atoms with Crippen molar-refractivity contribution >= 4 is 51.0 Å². The van der Waals surface area contributed by atoms with Crippen molar-refractivity contribution in [1.82, 2.24) is 25.1 Å². The zero-order chi connectivity index (χ0) is 19.1. The number of nitrogens with zero attached hydrogens (tertiary/aromatic N) is 4. The van der Waals surface area contributed by atoms with Gasteiger partial charge >= 0.3 is 0 Å². The number of thiazole rings is 1. The first-order valence-corrected chi connectivity index (χ1v) is 11.8. The number of para-hydroxylation sites is 1. The minimum Gasteiger partial charge on any atom is -0.355 e. The van der Waals surface area contributed by atoms with Crippen molar-refractivity contribution in [3.63, 3.8) is 0 Å². The third-order valence-electron chi connectivity index (χ3n) is 3.89. The summed E-state index contributed by atoms with van der Waals surface area (Å²) in [6.45, 7) is 5.70. The average molecular weight is 422 g/mol. The highest BCUT2D eigenvalue weighted by molar-refractivity contribution is 8.00. The van der Waals surface area contributed by atoms with Crippen LogP contribution in [0.15, 0.2) is 33.8 Å². The third-order valence-corrected chi connectivity index (χ3v) is 7.04. The molecule has 3 rings (SSSR count). The second-order valence-electron chi connectivity index (χ2n) is 5.87. The molecule has 0 saturated heterocycles. The largest absolute Gasteiger partial charge is 0.355 e. The van der Waals surface area contributed by atoms with E-state index in [1.54, 1.807) is 23.1 Å². The molecule has 0 unspecified atom stereocenters. The molecular formula is C18H23N5OS3. The number of thioether (sulfide) groups is 2. The Kier molecular flexibility index (Phi) is 7.54. The van der Waals surface area contributed by atoms with E-state index in [0.717, 1.165) is 46.8 Å². The Morgan fingerprint density at radius 3 is 2.85 bits per heavy atom. The van der Waals surface area contributed by atoms with Crippen LogP contribution in [0.25, 0.3) is 10.2 Å². The molecule has 9 heteroatoms. The Hall–Kier alpha value is -1.58. The van der Waals surface area contributed by atoms with Crippen LogP contribution in [0.3, 0.4) is 0 Å². The van der Waals surface area contributed by atoms with E-state index >= 15 is 0 Å². The Morgan fingerprint density at radius 1 is 1.22 bits per heavy atom. The minimum absolute atomic E-state index is 0.0458. The number of hydrogen-bond donors (Lipinski definition) is 1. The van der Waals surface area contributed by atoms with Gasteiger partial charge in [0.1, 0.15) is 5.82 Å². The molecule has 0 aliphatic rings. The van der Waals surface area contributed by atoms with Crippen molar-refractivity contribution in [3.8, 4) is 0 Å². The van der Waals surface area contributed by atoms with E-state index in [2.05, 4.69) is 45.0 Å². The molecule has 0 spiro atoms. The van der Waals surface area contributed by atoms with Crippen molar-refractivity contribution in [2.45, 2.75) is 48.5 Å². The summed E-state index contributed by atoms with van der Waals surface area (Å²) >= 11 is 4.81. The summed E-state index contributed by atoms with van der Waals surface area (Å²) in [7, 11) is 0. The lowest BCUT2D eigenvalue weighted by Gasteiger charge is -2.07. The fourth-order valence-electron chi connectivity index (χ4n) is 2.48. The Morgan fingerprint density at radius 2 is 2.07 bits per heavy atom. The standard InChI is InChI=1S/C18H23N5OS3/c1-3-5-10-19-16(24)12-25-17-22-21-15(23(17)4-2)11-26-18-20-13-8-6-7-9-14(13)27-18/h6-9H,3-5,10-12H2,1-2H3,(H,19,24). The van der Waals surface area contributed by atoms with Crippen LogP contribution >= 0.6 is 34.9 Å². The van der Waals surface area contributed by atoms with Crippen LogP contribution in [0, 0.1) is 0 Å². The Labute approximate surface area is 171 Å². The fourth-order valence-corrected chi connectivity index (χ4v) is 5.33. The zero-order valence-electron chi connectivity index (χ0n) is 15.5. The van der Waals surface area contributed by atoms with Gasteiger partial charge in [-0.2, -0.15) is 0 Å².